The molecular weight excluding hydrogens is 368 g/mol. The van der Waals surface area contributed by atoms with E-state index < -0.39 is 54.5 Å². The minimum absolute atomic E-state index is 0.130. The molecule has 0 amide bonds. The molecule has 8 nitrogen and oxygen atoms in total. The predicted molar refractivity (Wildman–Crippen MR) is 98.9 cm³/mol. The van der Waals surface area contributed by atoms with E-state index in [-0.39, 0.29) is 12.0 Å². The molecule has 1 saturated heterocycles. The Morgan fingerprint density at radius 3 is 2.54 bits per heavy atom. The fraction of sp³-hybridized carbons (Fsp3) is 0.600. The lowest BCUT2D eigenvalue weighted by Gasteiger charge is -2.32. The molecule has 8 heteroatoms. The molecule has 0 aromatic rings. The van der Waals surface area contributed by atoms with Gasteiger partial charge in [-0.05, 0) is 33.3 Å². The molecule has 1 fully saturated rings. The molecule has 1 aliphatic carbocycles. The van der Waals surface area contributed by atoms with Gasteiger partial charge in [0.15, 0.2) is 0 Å². The van der Waals surface area contributed by atoms with Crippen molar-refractivity contribution in [3.05, 3.63) is 35.5 Å². The molecule has 0 unspecified atom stereocenters. The van der Waals surface area contributed by atoms with E-state index in [0.29, 0.717) is 12.0 Å². The highest BCUT2D eigenvalue weighted by molar-refractivity contribution is 5.91. The molecule has 28 heavy (non-hydrogen) atoms. The second-order valence-corrected chi connectivity index (χ2v) is 7.62. The van der Waals surface area contributed by atoms with Gasteiger partial charge < -0.3 is 29.9 Å². The Hall–Kier alpha value is -2.00. The number of aliphatic hydroxyl groups is 4. The monoisotopic (exact) mass is 396 g/mol. The third kappa shape index (κ3) is 4.52. The Morgan fingerprint density at radius 2 is 1.96 bits per heavy atom. The van der Waals surface area contributed by atoms with Gasteiger partial charge in [0.2, 0.25) is 5.60 Å². The topological polar surface area (TPSA) is 134 Å². The van der Waals surface area contributed by atoms with Crippen LogP contribution in [0.25, 0.3) is 0 Å². The molecule has 1 heterocycles. The summed E-state index contributed by atoms with van der Waals surface area (Å²) in [6, 6.07) is 0. The molecule has 0 saturated carbocycles. The van der Waals surface area contributed by atoms with Gasteiger partial charge in [-0.2, -0.15) is 0 Å². The Morgan fingerprint density at radius 1 is 1.36 bits per heavy atom. The maximum Gasteiger partial charge on any atom is 0.343 e. The van der Waals surface area contributed by atoms with Crippen LogP contribution in [0, 0.1) is 5.92 Å². The number of aliphatic hydroxyl groups excluding tert-OH is 3. The number of esters is 2. The minimum atomic E-state index is -2.50. The van der Waals surface area contributed by atoms with Crippen molar-refractivity contribution in [2.75, 3.05) is 6.61 Å². The fourth-order valence-corrected chi connectivity index (χ4v) is 3.48. The zero-order valence-corrected chi connectivity index (χ0v) is 16.3. The zero-order valence-electron chi connectivity index (χ0n) is 16.3. The van der Waals surface area contributed by atoms with Gasteiger partial charge in [-0.1, -0.05) is 23.8 Å². The van der Waals surface area contributed by atoms with Crippen LogP contribution in [0.5, 0.6) is 0 Å². The first-order chi connectivity index (χ1) is 13.0. The first kappa shape index (κ1) is 22.3. The van der Waals surface area contributed by atoms with Gasteiger partial charge in [0.1, 0.15) is 12.2 Å². The van der Waals surface area contributed by atoms with Crippen LogP contribution < -0.4 is 0 Å². The normalized spacial score (nSPS) is 35.4. The zero-order chi connectivity index (χ0) is 21.2. The van der Waals surface area contributed by atoms with Crippen LogP contribution in [-0.2, 0) is 19.1 Å². The van der Waals surface area contributed by atoms with Crippen molar-refractivity contribution in [1.82, 2.24) is 0 Å². The van der Waals surface area contributed by atoms with Gasteiger partial charge in [-0.3, -0.25) is 0 Å². The van der Waals surface area contributed by atoms with E-state index in [9.17, 15) is 30.0 Å². The molecule has 4 N–H and O–H groups in total. The van der Waals surface area contributed by atoms with E-state index >= 15 is 0 Å². The molecule has 0 aromatic heterocycles. The summed E-state index contributed by atoms with van der Waals surface area (Å²) in [5.41, 5.74) is -0.879. The Bertz CT molecular complexity index is 707. The van der Waals surface area contributed by atoms with Crippen LogP contribution in [0.2, 0.25) is 0 Å². The summed E-state index contributed by atoms with van der Waals surface area (Å²) in [6.07, 6.45) is -0.210. The van der Waals surface area contributed by atoms with Crippen molar-refractivity contribution in [3.8, 4) is 0 Å². The molecule has 6 atom stereocenters. The highest BCUT2D eigenvalue weighted by Crippen LogP contribution is 2.36. The van der Waals surface area contributed by atoms with Gasteiger partial charge in [0.05, 0.1) is 24.7 Å². The Labute approximate surface area is 163 Å². The van der Waals surface area contributed by atoms with Crippen LogP contribution in [0.3, 0.4) is 0 Å². The van der Waals surface area contributed by atoms with Crippen LogP contribution in [0.4, 0.5) is 0 Å². The van der Waals surface area contributed by atoms with Crippen molar-refractivity contribution in [2.45, 2.75) is 63.6 Å². The maximum absolute atomic E-state index is 12.5. The smallest absolute Gasteiger partial charge is 0.343 e. The Balaban J connectivity index is 2.43. The Kier molecular flexibility index (Phi) is 6.82. The molecule has 2 rings (SSSR count). The number of fused-ring (bicyclic) bond motifs is 1. The first-order valence-electron chi connectivity index (χ1n) is 9.14. The van der Waals surface area contributed by atoms with Crippen molar-refractivity contribution in [3.63, 3.8) is 0 Å². The van der Waals surface area contributed by atoms with Crippen LogP contribution in [0.1, 0.15) is 33.6 Å². The lowest BCUT2D eigenvalue weighted by molar-refractivity contribution is -0.190. The van der Waals surface area contributed by atoms with Crippen molar-refractivity contribution in [1.29, 1.82) is 0 Å². The highest BCUT2D eigenvalue weighted by atomic mass is 16.6. The van der Waals surface area contributed by atoms with E-state index in [4.69, 9.17) is 9.47 Å². The molecule has 156 valence electrons. The van der Waals surface area contributed by atoms with Crippen LogP contribution in [-0.4, -0.2) is 69.0 Å². The van der Waals surface area contributed by atoms with Gasteiger partial charge in [0, 0.05) is 12.0 Å². The third-order valence-electron chi connectivity index (χ3n) is 5.19. The summed E-state index contributed by atoms with van der Waals surface area (Å²) in [5, 5.41) is 39.5. The van der Waals surface area contributed by atoms with E-state index in [2.05, 4.69) is 6.58 Å². The summed E-state index contributed by atoms with van der Waals surface area (Å²) >= 11 is 0. The molecular formula is C20H28O8. The maximum atomic E-state index is 12.5. The van der Waals surface area contributed by atoms with Crippen molar-refractivity contribution < 1.29 is 39.5 Å². The van der Waals surface area contributed by atoms with E-state index in [1.807, 2.05) is 0 Å². The summed E-state index contributed by atoms with van der Waals surface area (Å²) in [4.78, 5) is 24.6. The number of hydrogen-bond acceptors (Lipinski definition) is 8. The fourth-order valence-electron chi connectivity index (χ4n) is 3.48. The SMILES string of the molecule is C=C1C(=O)O[C@@H]2/C=C(\C)C[C@@H](O)/C=C(\C)C[C@@H](OC(=O)[C@@](O)(CO)[C@H](C)O)[C@@H]12. The molecule has 0 radical (unpaired) electrons. The van der Waals surface area contributed by atoms with Gasteiger partial charge in [0.25, 0.3) is 0 Å². The second-order valence-electron chi connectivity index (χ2n) is 7.62. The third-order valence-corrected chi connectivity index (χ3v) is 5.19. The molecule has 0 bridgehead atoms. The predicted octanol–water partition coefficient (Wildman–Crippen LogP) is 0.148. The number of ether oxygens (including phenoxy) is 2. The molecule has 1 aliphatic heterocycles. The summed E-state index contributed by atoms with van der Waals surface area (Å²) < 4.78 is 10.8. The van der Waals surface area contributed by atoms with Gasteiger partial charge >= 0.3 is 11.9 Å². The van der Waals surface area contributed by atoms with Gasteiger partial charge in [-0.15, -0.1) is 0 Å². The van der Waals surface area contributed by atoms with Crippen LogP contribution >= 0.6 is 0 Å². The average Bonchev–Trinajstić information content (AvgIpc) is 2.85. The lowest BCUT2D eigenvalue weighted by atomic mass is 9.85. The summed E-state index contributed by atoms with van der Waals surface area (Å²) in [7, 11) is 0. The number of carbonyl (C=O) groups is 2. The molecule has 2 aliphatic rings. The number of rotatable bonds is 4. The van der Waals surface area contributed by atoms with Gasteiger partial charge in [-0.25, -0.2) is 9.59 Å². The lowest BCUT2D eigenvalue weighted by Crippen LogP contribution is -2.54. The summed E-state index contributed by atoms with van der Waals surface area (Å²) in [5.74, 6) is -2.54. The summed E-state index contributed by atoms with van der Waals surface area (Å²) in [6.45, 7) is 7.41. The number of hydrogen-bond donors (Lipinski definition) is 4. The second kappa shape index (κ2) is 8.57. The average molecular weight is 396 g/mol. The minimum Gasteiger partial charge on any atom is -0.459 e. The quantitative estimate of drug-likeness (QED) is 0.300. The van der Waals surface area contributed by atoms with E-state index in [1.54, 1.807) is 26.0 Å². The standard InChI is InChI=1S/C20H28O8/c1-10-5-14(23)6-11(2)8-16(17-12(3)18(24)27-15(17)7-10)28-19(25)20(26,9-21)13(4)22/h6-7,13-17,21-23,26H,3,5,8-9H2,1-2,4H3/b10-7+,11-6+/t13-,14+,15+,16+,17-,20+/m0/s1. The van der Waals surface area contributed by atoms with E-state index in [0.717, 1.165) is 12.5 Å². The van der Waals surface area contributed by atoms with E-state index in [1.165, 1.54) is 0 Å². The highest BCUT2D eigenvalue weighted by Gasteiger charge is 2.48. The largest absolute Gasteiger partial charge is 0.459 e. The van der Waals surface area contributed by atoms with Crippen molar-refractivity contribution >= 4 is 11.9 Å². The van der Waals surface area contributed by atoms with Crippen molar-refractivity contribution in [2.24, 2.45) is 5.92 Å². The molecule has 0 aromatic carbocycles. The number of carbonyl (C=O) groups excluding carboxylic acids is 2. The molecule has 0 spiro atoms. The first-order valence-corrected chi connectivity index (χ1v) is 9.14. The van der Waals surface area contributed by atoms with Crippen LogP contribution in [0.15, 0.2) is 35.5 Å².